The van der Waals surface area contributed by atoms with Gasteiger partial charge in [0.05, 0.1) is 6.54 Å². The molecule has 2 amide bonds. The van der Waals surface area contributed by atoms with Crippen LogP contribution in [0.4, 0.5) is 5.69 Å². The fraction of sp³-hybridized carbons (Fsp3) is 0.360. The second-order valence-corrected chi connectivity index (χ2v) is 8.28. The van der Waals surface area contributed by atoms with Crippen molar-refractivity contribution < 1.29 is 14.1 Å². The van der Waals surface area contributed by atoms with E-state index in [1.54, 1.807) is 24.3 Å². The Kier molecular flexibility index (Phi) is 6.72. The van der Waals surface area contributed by atoms with E-state index < -0.39 is 0 Å². The van der Waals surface area contributed by atoms with Gasteiger partial charge in [-0.25, -0.2) is 0 Å². The summed E-state index contributed by atoms with van der Waals surface area (Å²) >= 11 is 0. The summed E-state index contributed by atoms with van der Waals surface area (Å²) in [6, 6.07) is 13.4. The number of nitrogens with zero attached hydrogens (tertiary/aromatic N) is 4. The van der Waals surface area contributed by atoms with Gasteiger partial charge in [-0.2, -0.15) is 4.98 Å². The van der Waals surface area contributed by atoms with Crippen molar-refractivity contribution in [3.05, 3.63) is 65.0 Å². The minimum absolute atomic E-state index is 0.0191. The zero-order valence-corrected chi connectivity index (χ0v) is 19.3. The van der Waals surface area contributed by atoms with Crippen LogP contribution in [0.3, 0.4) is 0 Å². The molecule has 1 aliphatic rings. The lowest BCUT2D eigenvalue weighted by molar-refractivity contribution is -0.130. The lowest BCUT2D eigenvalue weighted by atomic mass is 10.1. The van der Waals surface area contributed by atoms with Crippen molar-refractivity contribution in [2.45, 2.75) is 27.2 Å². The molecule has 2 heterocycles. The molecular formula is C25H29N5O3. The highest BCUT2D eigenvalue weighted by Gasteiger charge is 2.22. The van der Waals surface area contributed by atoms with E-state index in [9.17, 15) is 9.59 Å². The molecular weight excluding hydrogens is 418 g/mol. The van der Waals surface area contributed by atoms with Crippen molar-refractivity contribution in [1.82, 2.24) is 20.4 Å². The number of aryl methyl sites for hydroxylation is 3. The summed E-state index contributed by atoms with van der Waals surface area (Å²) in [6.45, 7) is 8.96. The smallest absolute Gasteiger partial charge is 0.251 e. The molecule has 172 valence electrons. The Hall–Kier alpha value is -3.68. The van der Waals surface area contributed by atoms with Gasteiger partial charge in [0.15, 0.2) is 0 Å². The summed E-state index contributed by atoms with van der Waals surface area (Å²) in [7, 11) is 0. The molecule has 0 saturated carbocycles. The molecule has 1 fully saturated rings. The van der Waals surface area contributed by atoms with Crippen LogP contribution < -0.4 is 10.2 Å². The van der Waals surface area contributed by atoms with Crippen LogP contribution in [-0.4, -0.2) is 59.6 Å². The van der Waals surface area contributed by atoms with Crippen molar-refractivity contribution in [1.29, 1.82) is 0 Å². The Bertz CT molecular complexity index is 1130. The van der Waals surface area contributed by atoms with Crippen molar-refractivity contribution in [3.63, 3.8) is 0 Å². The van der Waals surface area contributed by atoms with Gasteiger partial charge in [0.2, 0.25) is 17.6 Å². The lowest BCUT2D eigenvalue weighted by Crippen LogP contribution is -2.51. The maximum atomic E-state index is 12.6. The molecule has 8 heteroatoms. The molecule has 3 aromatic rings. The van der Waals surface area contributed by atoms with E-state index in [4.69, 9.17) is 4.52 Å². The van der Waals surface area contributed by atoms with Crippen LogP contribution in [0.2, 0.25) is 0 Å². The van der Waals surface area contributed by atoms with Crippen molar-refractivity contribution in [2.75, 3.05) is 37.6 Å². The highest BCUT2D eigenvalue weighted by molar-refractivity contribution is 5.96. The number of nitrogens with one attached hydrogen (secondary N) is 1. The highest BCUT2D eigenvalue weighted by atomic mass is 16.5. The summed E-state index contributed by atoms with van der Waals surface area (Å²) in [4.78, 5) is 33.5. The van der Waals surface area contributed by atoms with Crippen LogP contribution in [0.1, 0.15) is 34.3 Å². The molecule has 0 aliphatic carbocycles. The van der Waals surface area contributed by atoms with Gasteiger partial charge in [-0.1, -0.05) is 36.3 Å². The first-order chi connectivity index (χ1) is 15.9. The molecule has 1 aromatic heterocycles. The summed E-state index contributed by atoms with van der Waals surface area (Å²) in [6.07, 6.45) is 0.669. The predicted molar refractivity (Wildman–Crippen MR) is 126 cm³/mol. The number of carbonyl (C=O) groups is 2. The van der Waals surface area contributed by atoms with Crippen LogP contribution in [0.25, 0.3) is 11.4 Å². The number of anilines is 1. The Balaban J connectivity index is 1.27. The number of hydrogen-bond acceptors (Lipinski definition) is 6. The minimum Gasteiger partial charge on any atom is -0.368 e. The van der Waals surface area contributed by atoms with E-state index in [-0.39, 0.29) is 18.4 Å². The second-order valence-electron chi connectivity index (χ2n) is 8.28. The van der Waals surface area contributed by atoms with Crippen LogP contribution >= 0.6 is 0 Å². The van der Waals surface area contributed by atoms with Gasteiger partial charge in [-0.05, 0) is 43.2 Å². The molecule has 0 spiro atoms. The van der Waals surface area contributed by atoms with Crippen LogP contribution in [0, 0.1) is 13.8 Å². The topological polar surface area (TPSA) is 91.6 Å². The van der Waals surface area contributed by atoms with Crippen LogP contribution in [-0.2, 0) is 11.2 Å². The Morgan fingerprint density at radius 3 is 2.42 bits per heavy atom. The molecule has 8 nitrogen and oxygen atoms in total. The van der Waals surface area contributed by atoms with E-state index in [1.165, 1.54) is 16.8 Å². The zero-order valence-electron chi connectivity index (χ0n) is 19.3. The van der Waals surface area contributed by atoms with Gasteiger partial charge in [0.25, 0.3) is 5.91 Å². The average Bonchev–Trinajstić information content (AvgIpc) is 3.33. The molecule has 1 N–H and O–H groups in total. The minimum atomic E-state index is -0.286. The number of rotatable bonds is 6. The maximum Gasteiger partial charge on any atom is 0.251 e. The van der Waals surface area contributed by atoms with E-state index in [0.717, 1.165) is 18.7 Å². The SMILES string of the molecule is CCc1nc(-c2ccc(C(=O)NCC(=O)N3CCN(c4cc(C)ccc4C)CC3)cc2)no1. The summed E-state index contributed by atoms with van der Waals surface area (Å²) in [5, 5.41) is 6.67. The Morgan fingerprint density at radius 1 is 1.03 bits per heavy atom. The second kappa shape index (κ2) is 9.85. The first-order valence-corrected chi connectivity index (χ1v) is 11.3. The average molecular weight is 448 g/mol. The molecule has 0 bridgehead atoms. The molecule has 1 saturated heterocycles. The molecule has 33 heavy (non-hydrogen) atoms. The maximum absolute atomic E-state index is 12.6. The van der Waals surface area contributed by atoms with Crippen molar-refractivity contribution in [2.24, 2.45) is 0 Å². The molecule has 0 atom stereocenters. The third-order valence-corrected chi connectivity index (χ3v) is 5.91. The first-order valence-electron chi connectivity index (χ1n) is 11.3. The molecule has 2 aromatic carbocycles. The van der Waals surface area contributed by atoms with Gasteiger partial charge >= 0.3 is 0 Å². The predicted octanol–water partition coefficient (Wildman–Crippen LogP) is 2.99. The highest BCUT2D eigenvalue weighted by Crippen LogP contribution is 2.23. The summed E-state index contributed by atoms with van der Waals surface area (Å²) in [5.74, 6) is 0.708. The largest absolute Gasteiger partial charge is 0.368 e. The monoisotopic (exact) mass is 447 g/mol. The zero-order chi connectivity index (χ0) is 23.4. The molecule has 1 aliphatic heterocycles. The third-order valence-electron chi connectivity index (χ3n) is 5.91. The number of benzene rings is 2. The lowest BCUT2D eigenvalue weighted by Gasteiger charge is -2.37. The summed E-state index contributed by atoms with van der Waals surface area (Å²) in [5.41, 5.74) is 4.94. The number of carbonyl (C=O) groups excluding carboxylic acids is 2. The Morgan fingerprint density at radius 2 is 1.76 bits per heavy atom. The fourth-order valence-corrected chi connectivity index (χ4v) is 3.91. The standard InChI is InChI=1S/C25H29N5O3/c1-4-22-27-24(28-33-22)19-7-9-20(10-8-19)25(32)26-16-23(31)30-13-11-29(12-14-30)21-15-17(2)5-6-18(21)3/h5-10,15H,4,11-14,16H2,1-3H3,(H,26,32). The van der Waals surface area contributed by atoms with Crippen molar-refractivity contribution in [3.8, 4) is 11.4 Å². The number of hydrogen-bond donors (Lipinski definition) is 1. The fourth-order valence-electron chi connectivity index (χ4n) is 3.91. The third kappa shape index (κ3) is 5.22. The molecule has 0 unspecified atom stereocenters. The van der Waals surface area contributed by atoms with E-state index in [0.29, 0.717) is 36.8 Å². The quantitative estimate of drug-likeness (QED) is 0.625. The number of piperazine rings is 1. The molecule has 4 rings (SSSR count). The van der Waals surface area contributed by atoms with Crippen LogP contribution in [0.15, 0.2) is 47.0 Å². The normalized spacial score (nSPS) is 13.8. The van der Waals surface area contributed by atoms with E-state index in [1.807, 2.05) is 11.8 Å². The first kappa shape index (κ1) is 22.5. The van der Waals surface area contributed by atoms with Gasteiger partial charge in [-0.3, -0.25) is 9.59 Å². The van der Waals surface area contributed by atoms with E-state index >= 15 is 0 Å². The van der Waals surface area contributed by atoms with Gasteiger partial charge in [0.1, 0.15) is 0 Å². The van der Waals surface area contributed by atoms with Gasteiger partial charge in [0, 0.05) is 49.4 Å². The number of aromatic nitrogens is 2. The summed E-state index contributed by atoms with van der Waals surface area (Å²) < 4.78 is 5.13. The van der Waals surface area contributed by atoms with Gasteiger partial charge < -0.3 is 19.6 Å². The van der Waals surface area contributed by atoms with Crippen LogP contribution in [0.5, 0.6) is 0 Å². The van der Waals surface area contributed by atoms with Crippen molar-refractivity contribution >= 4 is 17.5 Å². The van der Waals surface area contributed by atoms with Gasteiger partial charge in [-0.15, -0.1) is 0 Å². The molecule has 0 radical (unpaired) electrons. The van der Waals surface area contributed by atoms with E-state index in [2.05, 4.69) is 52.4 Å². The Labute approximate surface area is 193 Å². The number of amides is 2.